The Kier molecular flexibility index (Phi) is 12.2. The van der Waals surface area contributed by atoms with Crippen molar-refractivity contribution in [2.24, 2.45) is 17.8 Å². The molecule has 6 atom stereocenters. The van der Waals surface area contributed by atoms with E-state index in [-0.39, 0.29) is 29.7 Å². The molecule has 1 aromatic heterocycles. The highest BCUT2D eigenvalue weighted by atomic mass is 16.5. The number of rotatable bonds is 12. The number of fused-ring (bicyclic) bond motifs is 1. The first kappa shape index (κ1) is 34.4. The molecule has 0 unspecified atom stereocenters. The molecule has 3 N–H and O–H groups in total. The van der Waals surface area contributed by atoms with Crippen molar-refractivity contribution in [1.82, 2.24) is 26.1 Å². The van der Waals surface area contributed by atoms with E-state index in [0.717, 1.165) is 22.0 Å². The van der Waals surface area contributed by atoms with E-state index < -0.39 is 36.0 Å². The molecule has 3 amide bonds. The minimum absolute atomic E-state index is 0.0437. The number of hydrazine groups is 1. The van der Waals surface area contributed by atoms with Gasteiger partial charge in [0.25, 0.3) is 11.8 Å². The number of amides is 3. The summed E-state index contributed by atoms with van der Waals surface area (Å²) < 4.78 is 5.60. The SMILES string of the molecule is C=Cc1cc2cc([C@@H](C)NC(=O)[C@@H]3CCCN(C(=O)[C@H](C)NC(=O)[C@@H](OC(=O)[C@H](C)[C@H](C)/C=C/C)C(C)C)N3)ccc2cn1. The molecule has 10 heteroatoms. The van der Waals surface area contributed by atoms with Crippen molar-refractivity contribution in [3.8, 4) is 0 Å². The summed E-state index contributed by atoms with van der Waals surface area (Å²) in [7, 11) is 0. The molecule has 1 fully saturated rings. The van der Waals surface area contributed by atoms with Crippen molar-refractivity contribution >= 4 is 40.5 Å². The molecule has 3 rings (SSSR count). The Bertz CT molecular complexity index is 1390. The van der Waals surface area contributed by atoms with E-state index in [1.54, 1.807) is 40.0 Å². The van der Waals surface area contributed by atoms with E-state index in [1.165, 1.54) is 5.01 Å². The van der Waals surface area contributed by atoms with E-state index >= 15 is 0 Å². The van der Waals surface area contributed by atoms with Gasteiger partial charge in [-0.2, -0.15) is 0 Å². The zero-order valence-corrected chi connectivity index (χ0v) is 26.9. The molecule has 1 aliphatic rings. The smallest absolute Gasteiger partial charge is 0.310 e. The molecule has 0 radical (unpaired) electrons. The average Bonchev–Trinajstić information content (AvgIpc) is 3.01. The second-order valence-electron chi connectivity index (χ2n) is 12.0. The summed E-state index contributed by atoms with van der Waals surface area (Å²) in [6.45, 7) is 16.8. The first-order valence-corrected chi connectivity index (χ1v) is 15.4. The maximum atomic E-state index is 13.3. The number of esters is 1. The van der Waals surface area contributed by atoms with Gasteiger partial charge >= 0.3 is 5.97 Å². The van der Waals surface area contributed by atoms with Crippen LogP contribution in [-0.2, 0) is 23.9 Å². The van der Waals surface area contributed by atoms with Crippen LogP contribution in [0.25, 0.3) is 16.8 Å². The number of hydrogen-bond acceptors (Lipinski definition) is 7. The van der Waals surface area contributed by atoms with Crippen molar-refractivity contribution in [2.45, 2.75) is 85.5 Å². The second-order valence-corrected chi connectivity index (χ2v) is 12.0. The Morgan fingerprint density at radius 3 is 2.45 bits per heavy atom. The molecule has 2 heterocycles. The minimum Gasteiger partial charge on any atom is -0.452 e. The van der Waals surface area contributed by atoms with Gasteiger partial charge < -0.3 is 15.4 Å². The highest BCUT2D eigenvalue weighted by molar-refractivity contribution is 5.91. The highest BCUT2D eigenvalue weighted by Gasteiger charge is 2.34. The fourth-order valence-electron chi connectivity index (χ4n) is 5.09. The van der Waals surface area contributed by atoms with Crippen LogP contribution in [0.15, 0.2) is 49.2 Å². The van der Waals surface area contributed by atoms with Gasteiger partial charge in [0.15, 0.2) is 6.10 Å². The molecule has 1 aliphatic heterocycles. The number of benzene rings is 1. The molecule has 0 bridgehead atoms. The predicted molar refractivity (Wildman–Crippen MR) is 172 cm³/mol. The topological polar surface area (TPSA) is 130 Å². The standard InChI is InChI=1S/C34H47N5O5/c1-9-12-21(5)22(6)34(43)44-30(20(3)4)32(41)37-24(8)33(42)39-16-11-13-29(38-39)31(40)36-23(7)25-14-15-26-19-35-28(10-2)18-27(26)17-25/h9-10,12,14-15,17-24,29-30,38H,2,11,13,16H2,1,3-8H3,(H,36,40)(H,37,41)/b12-9+/t21-,22-,23-,24+,29+,30+/m1/s1. The van der Waals surface area contributed by atoms with Gasteiger partial charge in [0.2, 0.25) is 5.91 Å². The summed E-state index contributed by atoms with van der Waals surface area (Å²) in [4.78, 5) is 56.7. The molecule has 2 aromatic rings. The fourth-order valence-corrected chi connectivity index (χ4v) is 5.09. The van der Waals surface area contributed by atoms with E-state index in [1.807, 2.05) is 57.2 Å². The maximum absolute atomic E-state index is 13.3. The molecule has 44 heavy (non-hydrogen) atoms. The number of aromatic nitrogens is 1. The van der Waals surface area contributed by atoms with E-state index in [2.05, 4.69) is 27.6 Å². The summed E-state index contributed by atoms with van der Waals surface area (Å²) in [5.74, 6) is -2.37. The number of nitrogens with one attached hydrogen (secondary N) is 3. The number of carbonyl (C=O) groups is 4. The van der Waals surface area contributed by atoms with E-state index in [4.69, 9.17) is 4.74 Å². The Labute approximate surface area is 260 Å². The lowest BCUT2D eigenvalue weighted by atomic mass is 9.95. The van der Waals surface area contributed by atoms with Gasteiger partial charge in [-0.15, -0.1) is 0 Å². The van der Waals surface area contributed by atoms with Crippen LogP contribution in [0.3, 0.4) is 0 Å². The third kappa shape index (κ3) is 8.75. The van der Waals surface area contributed by atoms with E-state index in [9.17, 15) is 19.2 Å². The number of nitrogens with zero attached hydrogens (tertiary/aromatic N) is 2. The van der Waals surface area contributed by atoms with Gasteiger partial charge in [0.05, 0.1) is 17.7 Å². The highest BCUT2D eigenvalue weighted by Crippen LogP contribution is 2.22. The van der Waals surface area contributed by atoms with Gasteiger partial charge in [-0.05, 0) is 74.6 Å². The third-order valence-electron chi connectivity index (χ3n) is 8.10. The van der Waals surface area contributed by atoms with Crippen LogP contribution in [0.1, 0.15) is 78.6 Å². The van der Waals surface area contributed by atoms with Crippen molar-refractivity contribution < 1.29 is 23.9 Å². The first-order valence-electron chi connectivity index (χ1n) is 15.4. The monoisotopic (exact) mass is 605 g/mol. The molecular weight excluding hydrogens is 558 g/mol. The zero-order valence-electron chi connectivity index (χ0n) is 26.9. The lowest BCUT2D eigenvalue weighted by molar-refractivity contribution is -0.163. The van der Waals surface area contributed by atoms with Crippen LogP contribution in [0, 0.1) is 17.8 Å². The van der Waals surface area contributed by atoms with E-state index in [0.29, 0.717) is 19.4 Å². The lowest BCUT2D eigenvalue weighted by Gasteiger charge is -2.35. The molecule has 238 valence electrons. The number of pyridine rings is 1. The van der Waals surface area contributed by atoms with Gasteiger partial charge in [-0.3, -0.25) is 29.2 Å². The quantitative estimate of drug-likeness (QED) is 0.240. The molecule has 1 saturated heterocycles. The Hall–Kier alpha value is -4.05. The minimum atomic E-state index is -1.04. The van der Waals surface area contributed by atoms with Crippen molar-refractivity contribution in [1.29, 1.82) is 0 Å². The Morgan fingerprint density at radius 2 is 1.80 bits per heavy atom. The Morgan fingerprint density at radius 1 is 1.07 bits per heavy atom. The summed E-state index contributed by atoms with van der Waals surface area (Å²) in [5, 5.41) is 9.15. The molecule has 0 aliphatic carbocycles. The largest absolute Gasteiger partial charge is 0.452 e. The van der Waals surface area contributed by atoms with Gasteiger partial charge in [0, 0.05) is 18.1 Å². The van der Waals surface area contributed by atoms with Crippen LogP contribution in [0.2, 0.25) is 0 Å². The first-order chi connectivity index (χ1) is 20.9. The van der Waals surface area contributed by atoms with Crippen molar-refractivity contribution in [3.05, 3.63) is 60.5 Å². The normalized spacial score (nSPS) is 18.7. The number of ether oxygens (including phenoxy) is 1. The van der Waals surface area contributed by atoms with Gasteiger partial charge in [0.1, 0.15) is 12.1 Å². The molecule has 0 spiro atoms. The van der Waals surface area contributed by atoms with Crippen LogP contribution >= 0.6 is 0 Å². The van der Waals surface area contributed by atoms with Crippen LogP contribution < -0.4 is 16.1 Å². The molecule has 10 nitrogen and oxygen atoms in total. The fraction of sp³-hybridized carbons (Fsp3) is 0.500. The summed E-state index contributed by atoms with van der Waals surface area (Å²) >= 11 is 0. The summed E-state index contributed by atoms with van der Waals surface area (Å²) in [6.07, 6.45) is 7.41. The van der Waals surface area contributed by atoms with Gasteiger partial charge in [-0.1, -0.05) is 58.6 Å². The molecule has 0 saturated carbocycles. The summed E-state index contributed by atoms with van der Waals surface area (Å²) in [5.41, 5.74) is 4.76. The molecular formula is C34H47N5O5. The number of carbonyl (C=O) groups excluding carboxylic acids is 4. The van der Waals surface area contributed by atoms with Crippen LogP contribution in [0.5, 0.6) is 0 Å². The lowest BCUT2D eigenvalue weighted by Crippen LogP contribution is -2.61. The van der Waals surface area contributed by atoms with Crippen LogP contribution in [0.4, 0.5) is 0 Å². The average molecular weight is 606 g/mol. The van der Waals surface area contributed by atoms with Crippen LogP contribution in [-0.4, -0.2) is 58.4 Å². The number of hydrogen-bond donors (Lipinski definition) is 3. The maximum Gasteiger partial charge on any atom is 0.310 e. The van der Waals surface area contributed by atoms with Crippen molar-refractivity contribution in [2.75, 3.05) is 6.54 Å². The van der Waals surface area contributed by atoms with Crippen molar-refractivity contribution in [3.63, 3.8) is 0 Å². The molecule has 1 aromatic carbocycles. The summed E-state index contributed by atoms with van der Waals surface area (Å²) in [6, 6.07) is 6.13. The third-order valence-corrected chi connectivity index (χ3v) is 8.10. The second kappa shape index (κ2) is 15.6. The van der Waals surface area contributed by atoms with Gasteiger partial charge in [-0.25, -0.2) is 5.43 Å². The Balaban J connectivity index is 1.59. The number of allylic oxidation sites excluding steroid dienone is 2. The zero-order chi connectivity index (χ0) is 32.6. The predicted octanol–water partition coefficient (Wildman–Crippen LogP) is 4.47.